The number of hydrogen-bond acceptors (Lipinski definition) is 2. The van der Waals surface area contributed by atoms with Crippen molar-refractivity contribution < 1.29 is 9.84 Å². The van der Waals surface area contributed by atoms with Gasteiger partial charge >= 0.3 is 0 Å². The van der Waals surface area contributed by atoms with Gasteiger partial charge in [0.05, 0.1) is 13.2 Å². The lowest BCUT2D eigenvalue weighted by atomic mass is 9.99. The third-order valence-corrected chi connectivity index (χ3v) is 2.63. The number of aliphatic hydroxyl groups excluding tert-OH is 1. The molecule has 86 valence electrons. The highest BCUT2D eigenvalue weighted by atomic mass is 16.5. The second kappa shape index (κ2) is 11.0. The highest BCUT2D eigenvalue weighted by Crippen LogP contribution is 2.14. The van der Waals surface area contributed by atoms with Crippen LogP contribution in [0.4, 0.5) is 0 Å². The largest absolute Gasteiger partial charge is 0.394 e. The van der Waals surface area contributed by atoms with Gasteiger partial charge < -0.3 is 9.84 Å². The van der Waals surface area contributed by atoms with Gasteiger partial charge in [0.1, 0.15) is 0 Å². The third kappa shape index (κ3) is 8.52. The maximum Gasteiger partial charge on any atom is 0.0697 e. The Bertz CT molecular complexity index is 104. The van der Waals surface area contributed by atoms with Crippen molar-refractivity contribution in [1.82, 2.24) is 0 Å². The van der Waals surface area contributed by atoms with Gasteiger partial charge in [-0.3, -0.25) is 0 Å². The van der Waals surface area contributed by atoms with Crippen LogP contribution in [0.15, 0.2) is 0 Å². The maximum absolute atomic E-state index is 8.57. The summed E-state index contributed by atoms with van der Waals surface area (Å²) in [4.78, 5) is 0. The summed E-state index contributed by atoms with van der Waals surface area (Å²) in [7, 11) is 0. The average Bonchev–Trinajstić information content (AvgIpc) is 2.22. The van der Waals surface area contributed by atoms with E-state index in [1.165, 1.54) is 38.5 Å². The van der Waals surface area contributed by atoms with Gasteiger partial charge in [-0.2, -0.15) is 0 Å². The maximum atomic E-state index is 8.57. The zero-order chi connectivity index (χ0) is 10.6. The molecule has 0 spiro atoms. The fraction of sp³-hybridized carbons (Fsp3) is 1.00. The van der Waals surface area contributed by atoms with Gasteiger partial charge in [0, 0.05) is 6.61 Å². The lowest BCUT2D eigenvalue weighted by molar-refractivity contribution is 0.0639. The fourth-order valence-electron chi connectivity index (χ4n) is 1.58. The SMILES string of the molecule is CCCCCCC(CC)COCCO. The van der Waals surface area contributed by atoms with Crippen LogP contribution in [0.5, 0.6) is 0 Å². The minimum absolute atomic E-state index is 0.145. The van der Waals surface area contributed by atoms with Crippen molar-refractivity contribution in [2.24, 2.45) is 5.92 Å². The Hall–Kier alpha value is -0.0800. The van der Waals surface area contributed by atoms with E-state index >= 15 is 0 Å². The van der Waals surface area contributed by atoms with Crippen molar-refractivity contribution in [2.75, 3.05) is 19.8 Å². The van der Waals surface area contributed by atoms with Crippen molar-refractivity contribution in [2.45, 2.75) is 52.4 Å². The Labute approximate surface area is 88.7 Å². The molecule has 0 aliphatic rings. The van der Waals surface area contributed by atoms with E-state index in [-0.39, 0.29) is 6.61 Å². The molecule has 0 aliphatic carbocycles. The zero-order valence-electron chi connectivity index (χ0n) is 9.80. The lowest BCUT2D eigenvalue weighted by Gasteiger charge is -2.14. The Morgan fingerprint density at radius 1 is 1.14 bits per heavy atom. The van der Waals surface area contributed by atoms with Crippen LogP contribution in [0.1, 0.15) is 52.4 Å². The molecule has 0 saturated heterocycles. The lowest BCUT2D eigenvalue weighted by Crippen LogP contribution is -2.11. The molecule has 2 heteroatoms. The van der Waals surface area contributed by atoms with E-state index in [2.05, 4.69) is 13.8 Å². The summed E-state index contributed by atoms with van der Waals surface area (Å²) in [6, 6.07) is 0. The molecule has 0 fully saturated rings. The Kier molecular flexibility index (Phi) is 10.9. The monoisotopic (exact) mass is 202 g/mol. The molecule has 0 heterocycles. The van der Waals surface area contributed by atoms with Gasteiger partial charge in [-0.15, -0.1) is 0 Å². The van der Waals surface area contributed by atoms with Gasteiger partial charge in [-0.05, 0) is 12.3 Å². The summed E-state index contributed by atoms with van der Waals surface area (Å²) in [5.74, 6) is 0.693. The normalized spacial score (nSPS) is 13.1. The van der Waals surface area contributed by atoms with E-state index in [9.17, 15) is 0 Å². The Balaban J connectivity index is 3.28. The first-order valence-corrected chi connectivity index (χ1v) is 6.03. The summed E-state index contributed by atoms with van der Waals surface area (Å²) in [5.41, 5.74) is 0. The topological polar surface area (TPSA) is 29.5 Å². The van der Waals surface area contributed by atoms with Gasteiger partial charge in [0.15, 0.2) is 0 Å². The predicted molar refractivity (Wildman–Crippen MR) is 60.4 cm³/mol. The van der Waals surface area contributed by atoms with Crippen LogP contribution in [0, 0.1) is 5.92 Å². The van der Waals surface area contributed by atoms with Crippen molar-refractivity contribution >= 4 is 0 Å². The van der Waals surface area contributed by atoms with Gasteiger partial charge in [-0.25, -0.2) is 0 Å². The predicted octanol–water partition coefficient (Wildman–Crippen LogP) is 2.99. The molecular weight excluding hydrogens is 176 g/mol. The molecule has 1 N–H and O–H groups in total. The van der Waals surface area contributed by atoms with E-state index < -0.39 is 0 Å². The molecule has 2 nitrogen and oxygen atoms in total. The van der Waals surface area contributed by atoms with Gasteiger partial charge in [0.2, 0.25) is 0 Å². The van der Waals surface area contributed by atoms with Crippen LogP contribution >= 0.6 is 0 Å². The van der Waals surface area contributed by atoms with Gasteiger partial charge in [-0.1, -0.05) is 46.0 Å². The molecule has 0 amide bonds. The molecule has 14 heavy (non-hydrogen) atoms. The molecule has 1 atom stereocenters. The molecule has 0 aromatic carbocycles. The minimum atomic E-state index is 0.145. The van der Waals surface area contributed by atoms with Crippen LogP contribution in [-0.4, -0.2) is 24.9 Å². The first kappa shape index (κ1) is 13.9. The first-order chi connectivity index (χ1) is 6.85. The van der Waals surface area contributed by atoms with Crippen molar-refractivity contribution in [3.05, 3.63) is 0 Å². The van der Waals surface area contributed by atoms with Crippen molar-refractivity contribution in [1.29, 1.82) is 0 Å². The quantitative estimate of drug-likeness (QED) is 0.552. The molecule has 0 aliphatic heterocycles. The average molecular weight is 202 g/mol. The summed E-state index contributed by atoms with van der Waals surface area (Å²) < 4.78 is 5.34. The molecule has 0 bridgehead atoms. The van der Waals surface area contributed by atoms with Crippen molar-refractivity contribution in [3.8, 4) is 0 Å². The Morgan fingerprint density at radius 2 is 1.93 bits per heavy atom. The summed E-state index contributed by atoms with van der Waals surface area (Å²) >= 11 is 0. The standard InChI is InChI=1S/C12H26O2/c1-3-5-6-7-8-12(4-2)11-14-10-9-13/h12-13H,3-11H2,1-2H3. The zero-order valence-corrected chi connectivity index (χ0v) is 9.80. The van der Waals surface area contributed by atoms with Crippen LogP contribution in [0.25, 0.3) is 0 Å². The van der Waals surface area contributed by atoms with E-state index in [4.69, 9.17) is 9.84 Å². The summed E-state index contributed by atoms with van der Waals surface area (Å²) in [6.45, 7) is 5.91. The number of ether oxygens (including phenoxy) is 1. The second-order valence-corrected chi connectivity index (χ2v) is 3.92. The molecule has 0 rings (SSSR count). The second-order valence-electron chi connectivity index (χ2n) is 3.92. The minimum Gasteiger partial charge on any atom is -0.394 e. The molecular formula is C12H26O2. The van der Waals surface area contributed by atoms with Crippen LogP contribution in [0.2, 0.25) is 0 Å². The van der Waals surface area contributed by atoms with E-state index in [1.807, 2.05) is 0 Å². The molecule has 0 saturated carbocycles. The number of unbranched alkanes of at least 4 members (excludes halogenated alkanes) is 3. The van der Waals surface area contributed by atoms with Gasteiger partial charge in [0.25, 0.3) is 0 Å². The fourth-order valence-corrected chi connectivity index (χ4v) is 1.58. The number of rotatable bonds is 10. The smallest absolute Gasteiger partial charge is 0.0697 e. The van der Waals surface area contributed by atoms with E-state index in [0.717, 1.165) is 6.61 Å². The van der Waals surface area contributed by atoms with Crippen LogP contribution in [-0.2, 0) is 4.74 Å². The van der Waals surface area contributed by atoms with Crippen LogP contribution < -0.4 is 0 Å². The molecule has 0 aromatic rings. The van der Waals surface area contributed by atoms with Crippen LogP contribution in [0.3, 0.4) is 0 Å². The van der Waals surface area contributed by atoms with E-state index in [1.54, 1.807) is 0 Å². The van der Waals surface area contributed by atoms with Crippen molar-refractivity contribution in [3.63, 3.8) is 0 Å². The molecule has 0 aromatic heterocycles. The number of aliphatic hydroxyl groups is 1. The Morgan fingerprint density at radius 3 is 2.50 bits per heavy atom. The summed E-state index contributed by atoms with van der Waals surface area (Å²) in [5, 5.41) is 8.57. The number of hydrogen-bond donors (Lipinski definition) is 1. The summed E-state index contributed by atoms with van der Waals surface area (Å²) in [6.07, 6.45) is 7.81. The third-order valence-electron chi connectivity index (χ3n) is 2.63. The molecule has 0 radical (unpaired) electrons. The molecule has 1 unspecified atom stereocenters. The first-order valence-electron chi connectivity index (χ1n) is 6.03. The van der Waals surface area contributed by atoms with E-state index in [0.29, 0.717) is 12.5 Å². The highest BCUT2D eigenvalue weighted by molar-refractivity contribution is 4.56. The highest BCUT2D eigenvalue weighted by Gasteiger charge is 2.05.